The molecule has 0 saturated carbocycles. The Bertz CT molecular complexity index is 528. The first-order valence-corrected chi connectivity index (χ1v) is 6.01. The fourth-order valence-corrected chi connectivity index (χ4v) is 2.39. The van der Waals surface area contributed by atoms with Gasteiger partial charge in [0.15, 0.2) is 5.13 Å². The minimum absolute atomic E-state index is 0.251. The van der Waals surface area contributed by atoms with Gasteiger partial charge in [-0.05, 0) is 27.6 Å². The summed E-state index contributed by atoms with van der Waals surface area (Å²) in [5.74, 6) is -1.17. The smallest absolute Gasteiger partial charge is 0.180 e. The van der Waals surface area contributed by atoms with Crippen molar-refractivity contribution in [1.82, 2.24) is 4.98 Å². The van der Waals surface area contributed by atoms with Gasteiger partial charge in [-0.15, -0.1) is 11.3 Å². The lowest BCUT2D eigenvalue weighted by Crippen LogP contribution is -1.93. The second-order valence-corrected chi connectivity index (χ2v) is 5.20. The molecular formula is C10H7BrF2N2S. The molecule has 0 radical (unpaired) electrons. The Labute approximate surface area is 103 Å². The molecule has 16 heavy (non-hydrogen) atoms. The molecular weight excluding hydrogens is 298 g/mol. The van der Waals surface area contributed by atoms with Gasteiger partial charge in [0.25, 0.3) is 0 Å². The van der Waals surface area contributed by atoms with Gasteiger partial charge < -0.3 is 5.73 Å². The van der Waals surface area contributed by atoms with Crippen molar-refractivity contribution in [2.24, 2.45) is 0 Å². The molecule has 2 rings (SSSR count). The molecule has 0 unspecified atom stereocenters. The second-order valence-electron chi connectivity index (χ2n) is 3.20. The zero-order valence-corrected chi connectivity index (χ0v) is 10.4. The highest BCUT2D eigenvalue weighted by Gasteiger charge is 2.10. The standard InChI is InChI=1S/C10H7BrF2N2S/c11-7-2-5(8(12)3-9(7)13)1-6-4-15-10(14)16-6/h2-4H,1H2,(H2,14,15). The highest BCUT2D eigenvalue weighted by atomic mass is 79.9. The number of benzene rings is 1. The normalized spacial score (nSPS) is 10.7. The number of nitrogens with zero attached hydrogens (tertiary/aromatic N) is 1. The van der Waals surface area contributed by atoms with E-state index in [0.717, 1.165) is 10.9 Å². The maximum absolute atomic E-state index is 13.4. The van der Waals surface area contributed by atoms with Crippen LogP contribution in [0, 0.1) is 11.6 Å². The summed E-state index contributed by atoms with van der Waals surface area (Å²) in [6.07, 6.45) is 1.95. The average Bonchev–Trinajstić information content (AvgIpc) is 2.60. The van der Waals surface area contributed by atoms with Gasteiger partial charge in [0, 0.05) is 23.6 Å². The summed E-state index contributed by atoms with van der Waals surface area (Å²) in [6.45, 7) is 0. The fraction of sp³-hybridized carbons (Fsp3) is 0.100. The van der Waals surface area contributed by atoms with Crippen molar-refractivity contribution in [3.8, 4) is 0 Å². The first kappa shape index (κ1) is 11.5. The van der Waals surface area contributed by atoms with Gasteiger partial charge in [0.2, 0.25) is 0 Å². The third-order valence-corrected chi connectivity index (χ3v) is 3.46. The van der Waals surface area contributed by atoms with Crippen LogP contribution in [0.25, 0.3) is 0 Å². The van der Waals surface area contributed by atoms with Crippen LogP contribution in [0.1, 0.15) is 10.4 Å². The fourth-order valence-electron chi connectivity index (χ4n) is 1.29. The molecule has 1 aromatic carbocycles. The van der Waals surface area contributed by atoms with Crippen molar-refractivity contribution < 1.29 is 8.78 Å². The number of anilines is 1. The Hall–Kier alpha value is -1.01. The molecule has 0 saturated heterocycles. The molecule has 0 aliphatic rings. The third kappa shape index (κ3) is 2.38. The minimum Gasteiger partial charge on any atom is -0.375 e. The van der Waals surface area contributed by atoms with E-state index in [1.807, 2.05) is 0 Å². The molecule has 0 aliphatic heterocycles. The van der Waals surface area contributed by atoms with Gasteiger partial charge >= 0.3 is 0 Å². The van der Waals surface area contributed by atoms with Crippen molar-refractivity contribution in [1.29, 1.82) is 0 Å². The lowest BCUT2D eigenvalue weighted by Gasteiger charge is -2.02. The highest BCUT2D eigenvalue weighted by Crippen LogP contribution is 2.24. The van der Waals surface area contributed by atoms with Crippen LogP contribution in [-0.4, -0.2) is 4.98 Å². The van der Waals surface area contributed by atoms with E-state index in [-0.39, 0.29) is 4.47 Å². The van der Waals surface area contributed by atoms with Crippen LogP contribution in [0.2, 0.25) is 0 Å². The molecule has 0 bridgehead atoms. The number of aromatic nitrogens is 1. The molecule has 0 amide bonds. The zero-order chi connectivity index (χ0) is 11.7. The van der Waals surface area contributed by atoms with E-state index in [2.05, 4.69) is 20.9 Å². The lowest BCUT2D eigenvalue weighted by molar-refractivity contribution is 0.571. The summed E-state index contributed by atoms with van der Waals surface area (Å²) in [5, 5.41) is 0.441. The summed E-state index contributed by atoms with van der Waals surface area (Å²) in [7, 11) is 0. The number of hydrogen-bond acceptors (Lipinski definition) is 3. The predicted molar refractivity (Wildman–Crippen MR) is 63.4 cm³/mol. The number of rotatable bonds is 2. The van der Waals surface area contributed by atoms with Gasteiger partial charge in [0.05, 0.1) is 4.47 Å². The molecule has 2 nitrogen and oxygen atoms in total. The van der Waals surface area contributed by atoms with Gasteiger partial charge in [-0.3, -0.25) is 0 Å². The molecule has 0 fully saturated rings. The van der Waals surface area contributed by atoms with Crippen molar-refractivity contribution in [2.75, 3.05) is 5.73 Å². The first-order chi connectivity index (χ1) is 7.56. The van der Waals surface area contributed by atoms with E-state index in [4.69, 9.17) is 5.73 Å². The van der Waals surface area contributed by atoms with E-state index in [1.165, 1.54) is 17.4 Å². The summed E-state index contributed by atoms with van der Waals surface area (Å²) < 4.78 is 26.7. The second kappa shape index (κ2) is 4.47. The maximum atomic E-state index is 13.4. The van der Waals surface area contributed by atoms with Gasteiger partial charge in [-0.2, -0.15) is 0 Å². The van der Waals surface area contributed by atoms with E-state index >= 15 is 0 Å². The first-order valence-electron chi connectivity index (χ1n) is 4.40. The Morgan fingerprint density at radius 2 is 2.06 bits per heavy atom. The van der Waals surface area contributed by atoms with Crippen LogP contribution < -0.4 is 5.73 Å². The number of thiazole rings is 1. The van der Waals surface area contributed by atoms with Gasteiger partial charge in [-0.1, -0.05) is 0 Å². The Kier molecular flexibility index (Phi) is 3.20. The van der Waals surface area contributed by atoms with Crippen LogP contribution in [0.4, 0.5) is 13.9 Å². The van der Waals surface area contributed by atoms with Crippen molar-refractivity contribution in [3.05, 3.63) is 44.9 Å². The molecule has 1 aromatic heterocycles. The molecule has 0 spiro atoms. The van der Waals surface area contributed by atoms with Crippen molar-refractivity contribution in [2.45, 2.75) is 6.42 Å². The Morgan fingerprint density at radius 1 is 1.31 bits per heavy atom. The molecule has 0 atom stereocenters. The molecule has 0 aliphatic carbocycles. The van der Waals surface area contributed by atoms with Gasteiger partial charge in [-0.25, -0.2) is 13.8 Å². The quantitative estimate of drug-likeness (QED) is 0.864. The Balaban J connectivity index is 2.31. The van der Waals surface area contributed by atoms with E-state index in [1.54, 1.807) is 6.20 Å². The van der Waals surface area contributed by atoms with Crippen LogP contribution in [0.5, 0.6) is 0 Å². The monoisotopic (exact) mass is 304 g/mol. The zero-order valence-electron chi connectivity index (χ0n) is 8.01. The molecule has 84 valence electrons. The molecule has 2 aromatic rings. The maximum Gasteiger partial charge on any atom is 0.180 e. The number of nitrogen functional groups attached to an aromatic ring is 1. The number of nitrogens with two attached hydrogens (primary N) is 1. The predicted octanol–water partition coefficient (Wildman–Crippen LogP) is 3.36. The van der Waals surface area contributed by atoms with Crippen LogP contribution in [0.3, 0.4) is 0 Å². The molecule has 6 heteroatoms. The summed E-state index contributed by atoms with van der Waals surface area (Å²) in [4.78, 5) is 4.71. The van der Waals surface area contributed by atoms with E-state index in [0.29, 0.717) is 17.1 Å². The molecule has 1 heterocycles. The highest BCUT2D eigenvalue weighted by molar-refractivity contribution is 9.10. The lowest BCUT2D eigenvalue weighted by atomic mass is 10.1. The summed E-state index contributed by atoms with van der Waals surface area (Å²) in [5.41, 5.74) is 5.88. The summed E-state index contributed by atoms with van der Waals surface area (Å²) >= 11 is 4.31. The van der Waals surface area contributed by atoms with Crippen molar-refractivity contribution >= 4 is 32.4 Å². The number of halogens is 3. The minimum atomic E-state index is -0.606. The van der Waals surface area contributed by atoms with E-state index < -0.39 is 11.6 Å². The van der Waals surface area contributed by atoms with E-state index in [9.17, 15) is 8.78 Å². The van der Waals surface area contributed by atoms with Crippen LogP contribution in [0.15, 0.2) is 22.8 Å². The van der Waals surface area contributed by atoms with Gasteiger partial charge in [0.1, 0.15) is 11.6 Å². The van der Waals surface area contributed by atoms with Crippen molar-refractivity contribution in [3.63, 3.8) is 0 Å². The Morgan fingerprint density at radius 3 is 2.69 bits per heavy atom. The third-order valence-electron chi connectivity index (χ3n) is 2.03. The van der Waals surface area contributed by atoms with Crippen LogP contribution >= 0.6 is 27.3 Å². The topological polar surface area (TPSA) is 38.9 Å². The number of hydrogen-bond donors (Lipinski definition) is 1. The largest absolute Gasteiger partial charge is 0.375 e. The molecule has 2 N–H and O–H groups in total. The average molecular weight is 305 g/mol. The van der Waals surface area contributed by atoms with Crippen LogP contribution in [-0.2, 0) is 6.42 Å². The summed E-state index contributed by atoms with van der Waals surface area (Å²) in [6, 6.07) is 2.30. The SMILES string of the molecule is Nc1ncc(Cc2cc(Br)c(F)cc2F)s1.